The first-order chi connectivity index (χ1) is 13.1. The molecular weight excluding hydrogens is 406 g/mol. The highest BCUT2D eigenvalue weighted by molar-refractivity contribution is 7.93. The normalized spacial score (nSPS) is 22.2. The van der Waals surface area contributed by atoms with Gasteiger partial charge >= 0.3 is 0 Å². The van der Waals surface area contributed by atoms with Crippen molar-refractivity contribution in [1.29, 1.82) is 0 Å². The van der Waals surface area contributed by atoms with Crippen LogP contribution in [0.3, 0.4) is 0 Å². The zero-order valence-electron chi connectivity index (χ0n) is 16.6. The van der Waals surface area contributed by atoms with Gasteiger partial charge < -0.3 is 9.84 Å². The molecule has 0 aromatic heterocycles. The Morgan fingerprint density at radius 3 is 2.43 bits per heavy atom. The molecule has 11 heteroatoms. The van der Waals surface area contributed by atoms with E-state index in [1.807, 2.05) is 11.8 Å². The van der Waals surface area contributed by atoms with Crippen molar-refractivity contribution in [3.05, 3.63) is 18.2 Å². The number of hydrogen-bond acceptors (Lipinski definition) is 7. The summed E-state index contributed by atoms with van der Waals surface area (Å²) in [4.78, 5) is 1.92. The molecule has 0 amide bonds. The summed E-state index contributed by atoms with van der Waals surface area (Å²) in [6, 6.07) is 3.82. The van der Waals surface area contributed by atoms with Crippen LogP contribution in [0.5, 0.6) is 5.75 Å². The van der Waals surface area contributed by atoms with Crippen LogP contribution in [0.2, 0.25) is 0 Å². The molecule has 2 atom stereocenters. The first-order valence-electron chi connectivity index (χ1n) is 9.11. The summed E-state index contributed by atoms with van der Waals surface area (Å²) >= 11 is 0. The maximum Gasteiger partial charge on any atom is 0.245 e. The van der Waals surface area contributed by atoms with Gasteiger partial charge in [0.1, 0.15) is 10.6 Å². The number of aliphatic hydroxyl groups excluding tert-OH is 1. The molecule has 1 aliphatic rings. The van der Waals surface area contributed by atoms with E-state index in [9.17, 15) is 21.9 Å². The average Bonchev–Trinajstić information content (AvgIpc) is 2.64. The minimum Gasteiger partial charge on any atom is -0.497 e. The predicted octanol–water partition coefficient (Wildman–Crippen LogP) is 0.532. The second kappa shape index (κ2) is 8.95. The van der Waals surface area contributed by atoms with Gasteiger partial charge in [0, 0.05) is 37.8 Å². The van der Waals surface area contributed by atoms with Gasteiger partial charge in [0.2, 0.25) is 20.0 Å². The molecule has 1 heterocycles. The van der Waals surface area contributed by atoms with Gasteiger partial charge in [0.25, 0.3) is 0 Å². The van der Waals surface area contributed by atoms with Crippen LogP contribution in [0.4, 0.5) is 5.69 Å². The summed E-state index contributed by atoms with van der Waals surface area (Å²) in [7, 11) is -6.21. The van der Waals surface area contributed by atoms with Gasteiger partial charge in [0.05, 0.1) is 25.2 Å². The Balaban J connectivity index is 2.45. The molecule has 1 aromatic rings. The number of benzene rings is 1. The van der Waals surface area contributed by atoms with Crippen molar-refractivity contribution < 1.29 is 26.7 Å². The summed E-state index contributed by atoms with van der Waals surface area (Å²) in [6.45, 7) is 6.38. The molecule has 0 spiro atoms. The smallest absolute Gasteiger partial charge is 0.245 e. The third-order valence-corrected chi connectivity index (χ3v) is 8.19. The molecule has 9 nitrogen and oxygen atoms in total. The Kier molecular flexibility index (Phi) is 7.32. The number of sulfonamides is 2. The molecule has 160 valence electrons. The van der Waals surface area contributed by atoms with Crippen molar-refractivity contribution in [2.45, 2.75) is 37.8 Å². The van der Waals surface area contributed by atoms with Crippen molar-refractivity contribution in [1.82, 2.24) is 9.21 Å². The first-order valence-corrected chi connectivity index (χ1v) is 12.2. The van der Waals surface area contributed by atoms with E-state index in [0.717, 1.165) is 0 Å². The number of ether oxygens (including phenoxy) is 1. The van der Waals surface area contributed by atoms with E-state index in [-0.39, 0.29) is 41.6 Å². The molecule has 2 rings (SSSR count). The number of nitrogens with one attached hydrogen (secondary N) is 1. The van der Waals surface area contributed by atoms with Crippen LogP contribution < -0.4 is 9.46 Å². The Morgan fingerprint density at radius 1 is 1.18 bits per heavy atom. The van der Waals surface area contributed by atoms with Crippen molar-refractivity contribution in [3.8, 4) is 5.75 Å². The summed E-state index contributed by atoms with van der Waals surface area (Å²) < 4.78 is 59.8. The molecule has 1 saturated heterocycles. The zero-order chi connectivity index (χ0) is 21.1. The maximum absolute atomic E-state index is 13.4. The summed E-state index contributed by atoms with van der Waals surface area (Å²) in [6.07, 6.45) is 0. The molecular formula is C17H29N3O6S2. The minimum atomic E-state index is -3.96. The van der Waals surface area contributed by atoms with Crippen LogP contribution >= 0.6 is 0 Å². The number of piperazine rings is 1. The predicted molar refractivity (Wildman–Crippen MR) is 108 cm³/mol. The van der Waals surface area contributed by atoms with E-state index >= 15 is 0 Å². The van der Waals surface area contributed by atoms with E-state index in [1.54, 1.807) is 6.92 Å². The minimum absolute atomic E-state index is 0.00519. The van der Waals surface area contributed by atoms with E-state index < -0.39 is 20.0 Å². The molecule has 0 saturated carbocycles. The topological polar surface area (TPSA) is 116 Å². The molecule has 2 N–H and O–H groups in total. The second-order valence-corrected chi connectivity index (χ2v) is 10.7. The fraction of sp³-hybridized carbons (Fsp3) is 0.647. The largest absolute Gasteiger partial charge is 0.497 e. The summed E-state index contributed by atoms with van der Waals surface area (Å²) in [5, 5.41) is 9.19. The number of β-amino-alcohol motifs (C(OH)–C–C–N with tert-alkyl or cyclic N) is 1. The van der Waals surface area contributed by atoms with Crippen LogP contribution in [0.15, 0.2) is 23.1 Å². The highest BCUT2D eigenvalue weighted by atomic mass is 32.2. The quantitative estimate of drug-likeness (QED) is 0.612. The van der Waals surface area contributed by atoms with Gasteiger partial charge in [-0.15, -0.1) is 0 Å². The Bertz CT molecular complexity index is 888. The average molecular weight is 436 g/mol. The fourth-order valence-corrected chi connectivity index (χ4v) is 5.79. The van der Waals surface area contributed by atoms with Gasteiger partial charge in [-0.05, 0) is 32.9 Å². The van der Waals surface area contributed by atoms with Gasteiger partial charge in [0.15, 0.2) is 0 Å². The molecule has 0 unspecified atom stereocenters. The second-order valence-electron chi connectivity index (χ2n) is 6.86. The Morgan fingerprint density at radius 2 is 1.86 bits per heavy atom. The Hall–Kier alpha value is -1.40. The van der Waals surface area contributed by atoms with Gasteiger partial charge in [-0.25, -0.2) is 16.8 Å². The molecule has 28 heavy (non-hydrogen) atoms. The lowest BCUT2D eigenvalue weighted by Gasteiger charge is -2.43. The number of rotatable bonds is 8. The number of nitrogens with zero attached hydrogens (tertiary/aromatic N) is 2. The number of methoxy groups -OCH3 is 1. The number of aliphatic hydroxyl groups is 1. The summed E-state index contributed by atoms with van der Waals surface area (Å²) in [5.74, 6) is 0.165. The first kappa shape index (κ1) is 22.9. The third kappa shape index (κ3) is 4.95. The lowest BCUT2D eigenvalue weighted by atomic mass is 10.1. The van der Waals surface area contributed by atoms with E-state index in [4.69, 9.17) is 4.74 Å². The van der Waals surface area contributed by atoms with Crippen LogP contribution in [-0.2, 0) is 20.0 Å². The van der Waals surface area contributed by atoms with Gasteiger partial charge in [-0.3, -0.25) is 9.62 Å². The lowest BCUT2D eigenvalue weighted by molar-refractivity contribution is 0.0755. The molecule has 0 radical (unpaired) electrons. The molecule has 1 fully saturated rings. The fourth-order valence-electron chi connectivity index (χ4n) is 3.25. The highest BCUT2D eigenvalue weighted by Crippen LogP contribution is 2.32. The molecule has 0 aliphatic carbocycles. The number of hydrogen-bond donors (Lipinski definition) is 2. The maximum atomic E-state index is 13.4. The monoisotopic (exact) mass is 435 g/mol. The lowest BCUT2D eigenvalue weighted by Crippen LogP contribution is -2.58. The van der Waals surface area contributed by atoms with Crippen LogP contribution in [0, 0.1) is 0 Å². The molecule has 0 bridgehead atoms. The van der Waals surface area contributed by atoms with E-state index in [0.29, 0.717) is 18.8 Å². The van der Waals surface area contributed by atoms with Crippen molar-refractivity contribution >= 4 is 25.7 Å². The third-order valence-electron chi connectivity index (χ3n) is 4.86. The van der Waals surface area contributed by atoms with E-state index in [1.165, 1.54) is 36.5 Å². The highest BCUT2D eigenvalue weighted by Gasteiger charge is 2.38. The molecule has 1 aliphatic heterocycles. The SMILES string of the molecule is CCS(=O)(=O)Nc1cc(OC)ccc1S(=O)(=O)N1C[C@@H](C)N(CCO)C[C@@H]1C. The standard InChI is InChI=1S/C17H29N3O6S2/c1-5-27(22,23)18-16-10-15(26-4)6-7-17(16)28(24,25)20-12-13(2)19(8-9-21)11-14(20)3/h6-7,10,13-14,18,21H,5,8-9,11-12H2,1-4H3/t13-,14+/m1/s1. The van der Waals surface area contributed by atoms with Crippen molar-refractivity contribution in [2.75, 3.05) is 43.8 Å². The van der Waals surface area contributed by atoms with Crippen molar-refractivity contribution in [3.63, 3.8) is 0 Å². The number of anilines is 1. The van der Waals surface area contributed by atoms with Crippen LogP contribution in [0.1, 0.15) is 20.8 Å². The zero-order valence-corrected chi connectivity index (χ0v) is 18.3. The molecule has 1 aromatic carbocycles. The van der Waals surface area contributed by atoms with E-state index in [2.05, 4.69) is 4.72 Å². The van der Waals surface area contributed by atoms with Crippen molar-refractivity contribution in [2.24, 2.45) is 0 Å². The van der Waals surface area contributed by atoms with Crippen LogP contribution in [-0.4, -0.2) is 82.3 Å². The van der Waals surface area contributed by atoms with Crippen LogP contribution in [0.25, 0.3) is 0 Å². The van der Waals surface area contributed by atoms with Gasteiger partial charge in [-0.1, -0.05) is 0 Å². The summed E-state index contributed by atoms with van der Waals surface area (Å²) in [5.41, 5.74) is -0.0289. The van der Waals surface area contributed by atoms with Gasteiger partial charge in [-0.2, -0.15) is 4.31 Å². The Labute approximate surface area is 167 Å².